The summed E-state index contributed by atoms with van der Waals surface area (Å²) < 4.78 is 2.22. The lowest BCUT2D eigenvalue weighted by molar-refractivity contribution is 0.571. The Kier molecular flexibility index (Phi) is 3.85. The fraction of sp³-hybridized carbons (Fsp3) is 0.467. The molecule has 0 spiro atoms. The Balaban J connectivity index is 2.04. The van der Waals surface area contributed by atoms with E-state index in [4.69, 9.17) is 0 Å². The van der Waals surface area contributed by atoms with E-state index in [2.05, 4.69) is 61.2 Å². The molecule has 17 heavy (non-hydrogen) atoms. The van der Waals surface area contributed by atoms with Crippen LogP contribution in [0.25, 0.3) is 10.9 Å². The lowest BCUT2D eigenvalue weighted by Crippen LogP contribution is -2.23. The first-order valence-electron chi connectivity index (χ1n) is 6.45. The first kappa shape index (κ1) is 12.2. The Hall–Kier alpha value is -1.28. The third-order valence-electron chi connectivity index (χ3n) is 3.15. The fourth-order valence-corrected chi connectivity index (χ4v) is 2.29. The molecule has 1 heterocycles. The van der Waals surface area contributed by atoms with Gasteiger partial charge in [-0.3, -0.25) is 0 Å². The van der Waals surface area contributed by atoms with E-state index in [1.54, 1.807) is 0 Å². The predicted octanol–water partition coefficient (Wildman–Crippen LogP) is 3.11. The summed E-state index contributed by atoms with van der Waals surface area (Å²) in [4.78, 5) is 0. The summed E-state index contributed by atoms with van der Waals surface area (Å²) in [6, 6.07) is 9.22. The van der Waals surface area contributed by atoms with Crippen molar-refractivity contribution < 1.29 is 0 Å². The van der Waals surface area contributed by atoms with Gasteiger partial charge in [0.05, 0.1) is 0 Å². The Labute approximate surface area is 104 Å². The Morgan fingerprint density at radius 1 is 1.24 bits per heavy atom. The SMILES string of the molecule is CC(C)NCCCc1cn(C)c2ccccc12. The van der Waals surface area contributed by atoms with Crippen LogP contribution < -0.4 is 5.32 Å². The molecule has 1 aromatic heterocycles. The van der Waals surface area contributed by atoms with Crippen LogP contribution in [0.1, 0.15) is 25.8 Å². The van der Waals surface area contributed by atoms with Crippen molar-refractivity contribution in [3.63, 3.8) is 0 Å². The van der Waals surface area contributed by atoms with Gasteiger partial charge in [0.15, 0.2) is 0 Å². The molecule has 0 aliphatic rings. The zero-order valence-corrected chi connectivity index (χ0v) is 11.0. The van der Waals surface area contributed by atoms with Gasteiger partial charge in [0, 0.05) is 30.2 Å². The molecule has 0 aliphatic carbocycles. The second-order valence-corrected chi connectivity index (χ2v) is 4.99. The minimum Gasteiger partial charge on any atom is -0.350 e. The molecular weight excluding hydrogens is 208 g/mol. The van der Waals surface area contributed by atoms with Crippen LogP contribution in [0.2, 0.25) is 0 Å². The highest BCUT2D eigenvalue weighted by Crippen LogP contribution is 2.21. The number of para-hydroxylation sites is 1. The minimum absolute atomic E-state index is 0.586. The molecule has 0 amide bonds. The van der Waals surface area contributed by atoms with Crippen LogP contribution in [0, 0.1) is 0 Å². The molecule has 2 aromatic rings. The lowest BCUT2D eigenvalue weighted by atomic mass is 10.1. The maximum absolute atomic E-state index is 3.46. The van der Waals surface area contributed by atoms with E-state index in [1.807, 2.05) is 0 Å². The molecule has 1 N–H and O–H groups in total. The van der Waals surface area contributed by atoms with Crippen molar-refractivity contribution in [1.82, 2.24) is 9.88 Å². The van der Waals surface area contributed by atoms with E-state index in [-0.39, 0.29) is 0 Å². The lowest BCUT2D eigenvalue weighted by Gasteiger charge is -2.06. The number of nitrogens with one attached hydrogen (secondary N) is 1. The van der Waals surface area contributed by atoms with Crippen molar-refractivity contribution in [2.45, 2.75) is 32.7 Å². The van der Waals surface area contributed by atoms with Gasteiger partial charge in [-0.15, -0.1) is 0 Å². The second kappa shape index (κ2) is 5.37. The maximum atomic E-state index is 3.46. The highest BCUT2D eigenvalue weighted by molar-refractivity contribution is 5.83. The quantitative estimate of drug-likeness (QED) is 0.781. The number of nitrogens with zero attached hydrogens (tertiary/aromatic N) is 1. The van der Waals surface area contributed by atoms with E-state index < -0.39 is 0 Å². The summed E-state index contributed by atoms with van der Waals surface area (Å²) in [6.45, 7) is 5.48. The molecule has 0 bridgehead atoms. The van der Waals surface area contributed by atoms with E-state index in [0.29, 0.717) is 6.04 Å². The second-order valence-electron chi connectivity index (χ2n) is 4.99. The summed E-state index contributed by atoms with van der Waals surface area (Å²) in [5.41, 5.74) is 2.80. The number of benzene rings is 1. The van der Waals surface area contributed by atoms with Crippen molar-refractivity contribution in [3.8, 4) is 0 Å². The van der Waals surface area contributed by atoms with Crippen molar-refractivity contribution in [3.05, 3.63) is 36.0 Å². The summed E-state index contributed by atoms with van der Waals surface area (Å²) in [5.74, 6) is 0. The molecule has 0 saturated heterocycles. The maximum Gasteiger partial charge on any atom is 0.0480 e. The molecule has 2 heteroatoms. The van der Waals surface area contributed by atoms with Gasteiger partial charge < -0.3 is 9.88 Å². The van der Waals surface area contributed by atoms with Crippen LogP contribution in [-0.4, -0.2) is 17.2 Å². The van der Waals surface area contributed by atoms with E-state index >= 15 is 0 Å². The number of aromatic nitrogens is 1. The van der Waals surface area contributed by atoms with Crippen LogP contribution >= 0.6 is 0 Å². The summed E-state index contributed by atoms with van der Waals surface area (Å²) in [5, 5.41) is 4.87. The molecule has 2 nitrogen and oxygen atoms in total. The molecular formula is C15H22N2. The van der Waals surface area contributed by atoms with E-state index in [1.165, 1.54) is 22.9 Å². The highest BCUT2D eigenvalue weighted by Gasteiger charge is 2.05. The van der Waals surface area contributed by atoms with Crippen LogP contribution in [0.4, 0.5) is 0 Å². The van der Waals surface area contributed by atoms with Crippen LogP contribution in [0.15, 0.2) is 30.5 Å². The summed E-state index contributed by atoms with van der Waals surface area (Å²) in [7, 11) is 2.12. The number of rotatable bonds is 5. The van der Waals surface area contributed by atoms with Crippen molar-refractivity contribution >= 4 is 10.9 Å². The first-order chi connectivity index (χ1) is 8.18. The smallest absolute Gasteiger partial charge is 0.0480 e. The number of hydrogen-bond acceptors (Lipinski definition) is 1. The first-order valence-corrected chi connectivity index (χ1v) is 6.45. The van der Waals surface area contributed by atoms with Gasteiger partial charge in [0.1, 0.15) is 0 Å². The highest BCUT2D eigenvalue weighted by atomic mass is 14.9. The fourth-order valence-electron chi connectivity index (χ4n) is 2.29. The van der Waals surface area contributed by atoms with Crippen molar-refractivity contribution in [2.24, 2.45) is 7.05 Å². The monoisotopic (exact) mass is 230 g/mol. The zero-order chi connectivity index (χ0) is 12.3. The number of hydrogen-bond donors (Lipinski definition) is 1. The van der Waals surface area contributed by atoms with Crippen LogP contribution in [0.5, 0.6) is 0 Å². The molecule has 0 saturated carbocycles. The van der Waals surface area contributed by atoms with Crippen molar-refractivity contribution in [2.75, 3.05) is 6.54 Å². The Morgan fingerprint density at radius 3 is 2.76 bits per heavy atom. The largest absolute Gasteiger partial charge is 0.350 e. The number of aryl methyl sites for hydroxylation is 2. The van der Waals surface area contributed by atoms with Crippen LogP contribution in [0.3, 0.4) is 0 Å². The Bertz CT molecular complexity index is 483. The molecule has 0 aliphatic heterocycles. The van der Waals surface area contributed by atoms with Gasteiger partial charge in [-0.05, 0) is 31.0 Å². The molecule has 0 unspecified atom stereocenters. The molecule has 92 valence electrons. The average Bonchev–Trinajstić information content (AvgIpc) is 2.63. The summed E-state index contributed by atoms with van der Waals surface area (Å²) >= 11 is 0. The third kappa shape index (κ3) is 2.89. The van der Waals surface area contributed by atoms with Gasteiger partial charge >= 0.3 is 0 Å². The minimum atomic E-state index is 0.586. The van der Waals surface area contributed by atoms with Gasteiger partial charge in [0.25, 0.3) is 0 Å². The normalized spacial score (nSPS) is 11.5. The topological polar surface area (TPSA) is 17.0 Å². The van der Waals surface area contributed by atoms with Gasteiger partial charge in [-0.1, -0.05) is 32.0 Å². The van der Waals surface area contributed by atoms with Crippen LogP contribution in [-0.2, 0) is 13.5 Å². The number of fused-ring (bicyclic) bond motifs is 1. The predicted molar refractivity (Wildman–Crippen MR) is 74.4 cm³/mol. The van der Waals surface area contributed by atoms with Gasteiger partial charge in [0.2, 0.25) is 0 Å². The summed E-state index contributed by atoms with van der Waals surface area (Å²) in [6.07, 6.45) is 4.62. The van der Waals surface area contributed by atoms with Gasteiger partial charge in [-0.25, -0.2) is 0 Å². The zero-order valence-electron chi connectivity index (χ0n) is 11.0. The third-order valence-corrected chi connectivity index (χ3v) is 3.15. The molecule has 0 atom stereocenters. The molecule has 2 rings (SSSR count). The van der Waals surface area contributed by atoms with E-state index in [9.17, 15) is 0 Å². The van der Waals surface area contributed by atoms with Gasteiger partial charge in [-0.2, -0.15) is 0 Å². The standard InChI is InChI=1S/C15H22N2/c1-12(2)16-10-6-7-13-11-17(3)15-9-5-4-8-14(13)15/h4-5,8-9,11-12,16H,6-7,10H2,1-3H3. The van der Waals surface area contributed by atoms with Crippen molar-refractivity contribution in [1.29, 1.82) is 0 Å². The molecule has 0 fully saturated rings. The average molecular weight is 230 g/mol. The molecule has 0 radical (unpaired) electrons. The Morgan fingerprint density at radius 2 is 2.00 bits per heavy atom. The molecule has 1 aromatic carbocycles. The van der Waals surface area contributed by atoms with E-state index in [0.717, 1.165) is 13.0 Å².